The van der Waals surface area contributed by atoms with Crippen LogP contribution in [0.25, 0.3) is 0 Å². The standard InChI is InChI=1S/C14H18ClN3/c1-3-18-10-11(9-17-18)8-14(16-2)12-6-4-5-7-13(12)15/h4-7,9-10,14,16H,3,8H2,1-2H3. The van der Waals surface area contributed by atoms with Crippen molar-refractivity contribution in [3.05, 3.63) is 52.8 Å². The summed E-state index contributed by atoms with van der Waals surface area (Å²) in [6.07, 6.45) is 4.89. The fraction of sp³-hybridized carbons (Fsp3) is 0.357. The molecular formula is C14H18ClN3. The van der Waals surface area contributed by atoms with Gasteiger partial charge in [0.1, 0.15) is 0 Å². The molecule has 1 heterocycles. The Morgan fingerprint density at radius 3 is 2.78 bits per heavy atom. The first-order valence-corrected chi connectivity index (χ1v) is 6.55. The van der Waals surface area contributed by atoms with E-state index in [1.165, 1.54) is 5.56 Å². The molecule has 1 aromatic carbocycles. The third kappa shape index (κ3) is 2.92. The first-order valence-electron chi connectivity index (χ1n) is 6.17. The molecule has 1 aromatic heterocycles. The van der Waals surface area contributed by atoms with Crippen LogP contribution in [-0.2, 0) is 13.0 Å². The number of halogens is 1. The van der Waals surface area contributed by atoms with Gasteiger partial charge in [-0.25, -0.2) is 0 Å². The average molecular weight is 264 g/mol. The van der Waals surface area contributed by atoms with Crippen LogP contribution in [-0.4, -0.2) is 16.8 Å². The number of benzene rings is 1. The molecule has 0 amide bonds. The fourth-order valence-corrected chi connectivity index (χ4v) is 2.31. The molecule has 1 N–H and O–H groups in total. The molecule has 0 fully saturated rings. The Kier molecular flexibility index (Phi) is 4.39. The molecule has 2 aromatic rings. The summed E-state index contributed by atoms with van der Waals surface area (Å²) in [6.45, 7) is 2.98. The number of aryl methyl sites for hydroxylation is 1. The summed E-state index contributed by atoms with van der Waals surface area (Å²) in [5.41, 5.74) is 2.35. The van der Waals surface area contributed by atoms with Crippen LogP contribution < -0.4 is 5.32 Å². The number of rotatable bonds is 5. The Morgan fingerprint density at radius 2 is 2.17 bits per heavy atom. The first-order chi connectivity index (χ1) is 8.74. The van der Waals surface area contributed by atoms with Gasteiger partial charge in [-0.2, -0.15) is 5.10 Å². The minimum Gasteiger partial charge on any atom is -0.313 e. The van der Waals surface area contributed by atoms with E-state index in [-0.39, 0.29) is 6.04 Å². The number of likely N-dealkylation sites (N-methyl/N-ethyl adjacent to an activating group) is 1. The van der Waals surface area contributed by atoms with Crippen molar-refractivity contribution in [2.75, 3.05) is 7.05 Å². The summed E-state index contributed by atoms with van der Waals surface area (Å²) in [6, 6.07) is 8.17. The van der Waals surface area contributed by atoms with E-state index in [0.717, 1.165) is 23.6 Å². The molecule has 4 heteroatoms. The maximum absolute atomic E-state index is 6.24. The zero-order chi connectivity index (χ0) is 13.0. The Labute approximate surface area is 113 Å². The van der Waals surface area contributed by atoms with Crippen LogP contribution >= 0.6 is 11.6 Å². The van der Waals surface area contributed by atoms with E-state index in [2.05, 4.69) is 29.6 Å². The summed E-state index contributed by atoms with van der Waals surface area (Å²) in [5, 5.41) is 8.41. The lowest BCUT2D eigenvalue weighted by Crippen LogP contribution is -2.19. The van der Waals surface area contributed by atoms with Crippen molar-refractivity contribution < 1.29 is 0 Å². The Balaban J connectivity index is 2.17. The Morgan fingerprint density at radius 1 is 1.39 bits per heavy atom. The first kappa shape index (κ1) is 13.1. The van der Waals surface area contributed by atoms with Gasteiger partial charge in [-0.05, 0) is 37.6 Å². The molecule has 0 saturated carbocycles. The Hall–Kier alpha value is -1.32. The fourth-order valence-electron chi connectivity index (χ4n) is 2.05. The van der Waals surface area contributed by atoms with E-state index in [9.17, 15) is 0 Å². The minimum atomic E-state index is 0.216. The highest BCUT2D eigenvalue weighted by Gasteiger charge is 2.13. The van der Waals surface area contributed by atoms with Crippen molar-refractivity contribution in [3.63, 3.8) is 0 Å². The molecule has 0 saturated heterocycles. The molecule has 1 unspecified atom stereocenters. The van der Waals surface area contributed by atoms with Gasteiger partial charge in [0.2, 0.25) is 0 Å². The van der Waals surface area contributed by atoms with Crippen LogP contribution in [0.2, 0.25) is 5.02 Å². The summed E-state index contributed by atoms with van der Waals surface area (Å²) in [5.74, 6) is 0. The van der Waals surface area contributed by atoms with Crippen LogP contribution in [0.1, 0.15) is 24.1 Å². The summed E-state index contributed by atoms with van der Waals surface area (Å²) >= 11 is 6.24. The normalized spacial score (nSPS) is 12.6. The molecule has 18 heavy (non-hydrogen) atoms. The monoisotopic (exact) mass is 263 g/mol. The van der Waals surface area contributed by atoms with Crippen LogP contribution in [0.5, 0.6) is 0 Å². The maximum Gasteiger partial charge on any atom is 0.0522 e. The number of aromatic nitrogens is 2. The topological polar surface area (TPSA) is 29.9 Å². The number of hydrogen-bond acceptors (Lipinski definition) is 2. The highest BCUT2D eigenvalue weighted by Crippen LogP contribution is 2.25. The van der Waals surface area contributed by atoms with Gasteiger partial charge in [0.05, 0.1) is 6.20 Å². The summed E-state index contributed by atoms with van der Waals surface area (Å²) in [7, 11) is 1.96. The van der Waals surface area contributed by atoms with Gasteiger partial charge in [-0.15, -0.1) is 0 Å². The number of hydrogen-bond donors (Lipinski definition) is 1. The molecule has 0 aliphatic rings. The van der Waals surface area contributed by atoms with Gasteiger partial charge in [-0.3, -0.25) is 4.68 Å². The molecule has 0 aliphatic heterocycles. The minimum absolute atomic E-state index is 0.216. The molecule has 2 rings (SSSR count). The third-order valence-electron chi connectivity index (χ3n) is 3.08. The van der Waals surface area contributed by atoms with Gasteiger partial charge >= 0.3 is 0 Å². The van der Waals surface area contributed by atoms with Crippen molar-refractivity contribution in [1.82, 2.24) is 15.1 Å². The van der Waals surface area contributed by atoms with Crippen molar-refractivity contribution in [3.8, 4) is 0 Å². The SMILES string of the molecule is CCn1cc(CC(NC)c2ccccc2Cl)cn1. The summed E-state index contributed by atoms with van der Waals surface area (Å²) < 4.78 is 1.94. The average Bonchev–Trinajstić information content (AvgIpc) is 2.85. The van der Waals surface area contributed by atoms with Gasteiger partial charge in [-0.1, -0.05) is 29.8 Å². The van der Waals surface area contributed by atoms with E-state index >= 15 is 0 Å². The van der Waals surface area contributed by atoms with Crippen molar-refractivity contribution in [2.45, 2.75) is 25.9 Å². The van der Waals surface area contributed by atoms with E-state index in [4.69, 9.17) is 11.6 Å². The van der Waals surface area contributed by atoms with Crippen molar-refractivity contribution in [1.29, 1.82) is 0 Å². The highest BCUT2D eigenvalue weighted by atomic mass is 35.5. The van der Waals surface area contributed by atoms with Crippen molar-refractivity contribution >= 4 is 11.6 Å². The number of nitrogens with one attached hydrogen (secondary N) is 1. The highest BCUT2D eigenvalue weighted by molar-refractivity contribution is 6.31. The molecule has 0 radical (unpaired) electrons. The quantitative estimate of drug-likeness (QED) is 0.899. The zero-order valence-electron chi connectivity index (χ0n) is 10.7. The van der Waals surface area contributed by atoms with Crippen LogP contribution in [0, 0.1) is 0 Å². The van der Waals surface area contributed by atoms with E-state index < -0.39 is 0 Å². The predicted molar refractivity (Wildman–Crippen MR) is 74.9 cm³/mol. The van der Waals surface area contributed by atoms with Crippen LogP contribution in [0.4, 0.5) is 0 Å². The molecule has 96 valence electrons. The third-order valence-corrected chi connectivity index (χ3v) is 3.42. The van der Waals surface area contributed by atoms with E-state index in [1.807, 2.05) is 36.1 Å². The molecule has 0 spiro atoms. The Bertz CT molecular complexity index is 507. The predicted octanol–water partition coefficient (Wildman–Crippen LogP) is 3.06. The molecular weight excluding hydrogens is 246 g/mol. The van der Waals surface area contributed by atoms with Crippen molar-refractivity contribution in [2.24, 2.45) is 0 Å². The molecule has 0 bridgehead atoms. The second-order valence-corrected chi connectivity index (χ2v) is 4.68. The second-order valence-electron chi connectivity index (χ2n) is 4.27. The van der Waals surface area contributed by atoms with Gasteiger partial charge in [0.25, 0.3) is 0 Å². The lowest BCUT2D eigenvalue weighted by atomic mass is 10.0. The smallest absolute Gasteiger partial charge is 0.0522 e. The maximum atomic E-state index is 6.24. The van der Waals surface area contributed by atoms with Gasteiger partial charge < -0.3 is 5.32 Å². The second kappa shape index (κ2) is 6.03. The largest absolute Gasteiger partial charge is 0.313 e. The van der Waals surface area contributed by atoms with Gasteiger partial charge in [0.15, 0.2) is 0 Å². The molecule has 1 atom stereocenters. The number of nitrogens with zero attached hydrogens (tertiary/aromatic N) is 2. The summed E-state index contributed by atoms with van der Waals surface area (Å²) in [4.78, 5) is 0. The van der Waals surface area contributed by atoms with Crippen LogP contribution in [0.3, 0.4) is 0 Å². The molecule has 0 aliphatic carbocycles. The lowest BCUT2D eigenvalue weighted by Gasteiger charge is -2.17. The lowest BCUT2D eigenvalue weighted by molar-refractivity contribution is 0.591. The van der Waals surface area contributed by atoms with E-state index in [1.54, 1.807) is 0 Å². The zero-order valence-corrected chi connectivity index (χ0v) is 11.5. The van der Waals surface area contributed by atoms with Crippen LogP contribution in [0.15, 0.2) is 36.7 Å². The van der Waals surface area contributed by atoms with E-state index in [0.29, 0.717) is 0 Å². The van der Waals surface area contributed by atoms with Gasteiger partial charge in [0, 0.05) is 23.8 Å². The molecule has 3 nitrogen and oxygen atoms in total.